The van der Waals surface area contributed by atoms with Gasteiger partial charge >= 0.3 is 5.97 Å². The molecule has 116 valence electrons. The molecule has 0 radical (unpaired) electrons. The fourth-order valence-electron chi connectivity index (χ4n) is 0.561. The van der Waals surface area contributed by atoms with Crippen LogP contribution < -0.4 is 0 Å². The topological polar surface area (TPSA) is 140 Å². The van der Waals surface area contributed by atoms with Crippen molar-refractivity contribution in [3.63, 3.8) is 0 Å². The molecule has 9 heteroatoms. The summed E-state index contributed by atoms with van der Waals surface area (Å²) in [5.74, 6) is -1.19. The van der Waals surface area contributed by atoms with Gasteiger partial charge in [-0.1, -0.05) is 5.23 Å². The van der Waals surface area contributed by atoms with Crippen molar-refractivity contribution in [2.24, 2.45) is 5.41 Å². The lowest BCUT2D eigenvalue weighted by atomic mass is 9.94. The molecule has 0 aromatic heterocycles. The van der Waals surface area contributed by atoms with Crippen molar-refractivity contribution in [1.29, 1.82) is 0 Å². The summed E-state index contributed by atoms with van der Waals surface area (Å²) in [5, 5.41) is 42.8. The zero-order valence-corrected chi connectivity index (χ0v) is 11.2. The summed E-state index contributed by atoms with van der Waals surface area (Å²) in [5.41, 5.74) is -1.39. The first-order valence-corrected chi connectivity index (χ1v) is 5.54. The zero-order valence-electron chi connectivity index (χ0n) is 11.2. The van der Waals surface area contributed by atoms with E-state index in [4.69, 9.17) is 35.2 Å². The predicted molar refractivity (Wildman–Crippen MR) is 63.8 cm³/mol. The molecule has 0 aromatic carbocycles. The highest BCUT2D eigenvalue weighted by molar-refractivity contribution is 5.74. The van der Waals surface area contributed by atoms with Crippen molar-refractivity contribution in [3.8, 4) is 0 Å². The number of carboxylic acid groups (broad SMARTS) is 1. The number of hydroxylamine groups is 2. The van der Waals surface area contributed by atoms with Crippen molar-refractivity contribution in [3.05, 3.63) is 0 Å². The summed E-state index contributed by atoms with van der Waals surface area (Å²) in [6.07, 6.45) is 0. The van der Waals surface area contributed by atoms with E-state index in [1.165, 1.54) is 6.92 Å². The Bertz CT molecular complexity index is 214. The summed E-state index contributed by atoms with van der Waals surface area (Å²) < 4.78 is 0. The Hall–Kier alpha value is -0.810. The molecule has 0 heterocycles. The van der Waals surface area contributed by atoms with Gasteiger partial charge in [0.05, 0.1) is 39.6 Å². The van der Waals surface area contributed by atoms with E-state index >= 15 is 0 Å². The third-order valence-electron chi connectivity index (χ3n) is 1.94. The van der Waals surface area contributed by atoms with Crippen molar-refractivity contribution >= 4 is 5.97 Å². The first-order valence-electron chi connectivity index (χ1n) is 5.54. The third-order valence-corrected chi connectivity index (χ3v) is 1.94. The van der Waals surface area contributed by atoms with Crippen LogP contribution in [-0.4, -0.2) is 83.4 Å². The van der Waals surface area contributed by atoms with Crippen LogP contribution in [0.2, 0.25) is 0 Å². The third kappa shape index (κ3) is 10.8. The number of nitrogens with zero attached hydrogens (tertiary/aromatic N) is 1. The van der Waals surface area contributed by atoms with Gasteiger partial charge in [0.15, 0.2) is 0 Å². The van der Waals surface area contributed by atoms with Crippen molar-refractivity contribution in [2.45, 2.75) is 6.92 Å². The normalized spacial score (nSPS) is 11.1. The molecule has 9 nitrogen and oxygen atoms in total. The summed E-state index contributed by atoms with van der Waals surface area (Å²) in [4.78, 5) is 19.6. The Labute approximate surface area is 111 Å². The standard InChI is InChI=1S/C5H13NO4.C5H10O4/c1-6(9-4-2-7)10-5-3-8;1-5(2-6,3-7)4(8)9/h7-8H,2-5H2,1H3;6-7H,2-3H2,1H3,(H,8,9). The minimum absolute atomic E-state index is 0.0488. The van der Waals surface area contributed by atoms with Gasteiger partial charge in [0.25, 0.3) is 0 Å². The van der Waals surface area contributed by atoms with Crippen LogP contribution in [-0.2, 0) is 14.5 Å². The molecule has 0 atom stereocenters. The van der Waals surface area contributed by atoms with E-state index in [-0.39, 0.29) is 26.4 Å². The maximum atomic E-state index is 10.2. The average Bonchev–Trinajstić information content (AvgIpc) is 2.42. The van der Waals surface area contributed by atoms with Crippen molar-refractivity contribution in [2.75, 3.05) is 46.7 Å². The summed E-state index contributed by atoms with van der Waals surface area (Å²) in [6, 6.07) is 0. The van der Waals surface area contributed by atoms with E-state index in [1.54, 1.807) is 7.05 Å². The molecule has 0 aliphatic heterocycles. The highest BCUT2D eigenvalue weighted by Crippen LogP contribution is 2.12. The molecular weight excluding hydrogens is 262 g/mol. The van der Waals surface area contributed by atoms with Gasteiger partial charge in [-0.05, 0) is 6.92 Å². The predicted octanol–water partition coefficient (Wildman–Crippen LogP) is -2.17. The number of carbonyl (C=O) groups is 1. The lowest BCUT2D eigenvalue weighted by Gasteiger charge is -2.17. The largest absolute Gasteiger partial charge is 0.481 e. The maximum Gasteiger partial charge on any atom is 0.314 e. The van der Waals surface area contributed by atoms with Crippen LogP contribution in [0.5, 0.6) is 0 Å². The minimum Gasteiger partial charge on any atom is -0.481 e. The zero-order chi connectivity index (χ0) is 15.3. The highest BCUT2D eigenvalue weighted by atomic mass is 16.9. The van der Waals surface area contributed by atoms with Crippen LogP contribution >= 0.6 is 0 Å². The molecule has 0 aromatic rings. The van der Waals surface area contributed by atoms with E-state index in [0.717, 1.165) is 5.23 Å². The molecule has 0 aliphatic carbocycles. The Balaban J connectivity index is 0. The Morgan fingerprint density at radius 2 is 1.42 bits per heavy atom. The monoisotopic (exact) mass is 285 g/mol. The van der Waals surface area contributed by atoms with Gasteiger partial charge < -0.3 is 25.5 Å². The van der Waals surface area contributed by atoms with E-state index in [1.807, 2.05) is 0 Å². The average molecular weight is 285 g/mol. The molecule has 0 unspecified atom stereocenters. The first-order chi connectivity index (χ1) is 8.87. The minimum atomic E-state index is -1.39. The molecule has 19 heavy (non-hydrogen) atoms. The lowest BCUT2D eigenvalue weighted by molar-refractivity contribution is -0.356. The lowest BCUT2D eigenvalue weighted by Crippen LogP contribution is -2.35. The Morgan fingerprint density at radius 1 is 1.05 bits per heavy atom. The number of hydrogen-bond acceptors (Lipinski definition) is 8. The fourth-order valence-corrected chi connectivity index (χ4v) is 0.561. The number of hydrogen-bond donors (Lipinski definition) is 5. The SMILES string of the molecule is CC(CO)(CO)C(=O)O.CN(OCCO)OCCO. The van der Waals surface area contributed by atoms with E-state index in [0.29, 0.717) is 0 Å². The van der Waals surface area contributed by atoms with Gasteiger partial charge in [-0.15, -0.1) is 0 Å². The quantitative estimate of drug-likeness (QED) is 0.299. The summed E-state index contributed by atoms with van der Waals surface area (Å²) in [7, 11) is 1.55. The van der Waals surface area contributed by atoms with Gasteiger partial charge in [-0.3, -0.25) is 14.5 Å². The Kier molecular flexibility index (Phi) is 13.2. The summed E-state index contributed by atoms with van der Waals surface area (Å²) in [6.45, 7) is 0.483. The molecule has 5 N–H and O–H groups in total. The molecule has 0 rings (SSSR count). The van der Waals surface area contributed by atoms with Crippen molar-refractivity contribution < 1.29 is 40.0 Å². The van der Waals surface area contributed by atoms with Gasteiger partial charge in [-0.2, -0.15) is 0 Å². The first kappa shape index (κ1) is 20.5. The molecule has 0 saturated carbocycles. The molecule has 0 aliphatic rings. The second-order valence-electron chi connectivity index (χ2n) is 3.74. The van der Waals surface area contributed by atoms with Gasteiger partial charge in [0.1, 0.15) is 5.41 Å². The van der Waals surface area contributed by atoms with Crippen LogP contribution in [0.25, 0.3) is 0 Å². The second kappa shape index (κ2) is 12.2. The number of aliphatic hydroxyl groups excluding tert-OH is 4. The van der Waals surface area contributed by atoms with E-state index in [2.05, 4.69) is 0 Å². The molecular formula is C10H23NO8. The van der Waals surface area contributed by atoms with Crippen LogP contribution in [0.15, 0.2) is 0 Å². The molecule has 0 spiro atoms. The van der Waals surface area contributed by atoms with Gasteiger partial charge in [-0.25, -0.2) is 0 Å². The van der Waals surface area contributed by atoms with Gasteiger partial charge in [0, 0.05) is 7.05 Å². The van der Waals surface area contributed by atoms with Crippen LogP contribution in [0.1, 0.15) is 6.92 Å². The number of aliphatic carboxylic acids is 1. The maximum absolute atomic E-state index is 10.2. The molecule has 0 bridgehead atoms. The second-order valence-corrected chi connectivity index (χ2v) is 3.74. The smallest absolute Gasteiger partial charge is 0.314 e. The van der Waals surface area contributed by atoms with Crippen LogP contribution in [0, 0.1) is 5.41 Å². The van der Waals surface area contributed by atoms with Crippen molar-refractivity contribution in [1.82, 2.24) is 5.23 Å². The summed E-state index contributed by atoms with van der Waals surface area (Å²) >= 11 is 0. The fraction of sp³-hybridized carbons (Fsp3) is 0.900. The molecule has 0 amide bonds. The Morgan fingerprint density at radius 3 is 1.58 bits per heavy atom. The number of carboxylic acids is 1. The van der Waals surface area contributed by atoms with E-state index in [9.17, 15) is 4.79 Å². The van der Waals surface area contributed by atoms with E-state index < -0.39 is 24.6 Å². The highest BCUT2D eigenvalue weighted by Gasteiger charge is 2.31. The van der Waals surface area contributed by atoms with Crippen LogP contribution in [0.3, 0.4) is 0 Å². The molecule has 0 fully saturated rings. The van der Waals surface area contributed by atoms with Gasteiger partial charge in [0.2, 0.25) is 0 Å². The number of aliphatic hydroxyl groups is 4. The number of rotatable bonds is 9. The molecule has 0 saturated heterocycles. The van der Waals surface area contributed by atoms with Crippen LogP contribution in [0.4, 0.5) is 0 Å².